The Balaban J connectivity index is 2.35. The van der Waals surface area contributed by atoms with Crippen LogP contribution in [0.2, 0.25) is 5.02 Å². The highest BCUT2D eigenvalue weighted by Crippen LogP contribution is 2.17. The Kier molecular flexibility index (Phi) is 6.72. The molecule has 100 valence electrons. The van der Waals surface area contributed by atoms with E-state index >= 15 is 0 Å². The normalized spacial score (nSPS) is 12.2. The molecule has 0 bridgehead atoms. The molecule has 1 amide bonds. The van der Waals surface area contributed by atoms with Gasteiger partial charge in [0, 0.05) is 12.1 Å². The summed E-state index contributed by atoms with van der Waals surface area (Å²) in [6, 6.07) is 7.31. The van der Waals surface area contributed by atoms with E-state index < -0.39 is 0 Å². The van der Waals surface area contributed by atoms with Crippen molar-refractivity contribution in [2.45, 2.75) is 13.0 Å². The molecule has 1 aromatic rings. The third-order valence-electron chi connectivity index (χ3n) is 2.39. The standard InChI is InChI=1S/C13H18ClNO3/c1-10(11-4-3-5-12(14)8-11)15-13(16)9-18-7-6-17-2/h3-5,8,10H,6-7,9H2,1-2H3,(H,15,16)/t10-/m1/s1. The molecule has 0 unspecified atom stereocenters. The number of hydrogen-bond donors (Lipinski definition) is 1. The van der Waals surface area contributed by atoms with E-state index in [4.69, 9.17) is 21.1 Å². The van der Waals surface area contributed by atoms with E-state index in [1.54, 1.807) is 13.2 Å². The van der Waals surface area contributed by atoms with Gasteiger partial charge in [0.1, 0.15) is 6.61 Å². The van der Waals surface area contributed by atoms with Crippen LogP contribution in [0.1, 0.15) is 18.5 Å². The quantitative estimate of drug-likeness (QED) is 0.774. The summed E-state index contributed by atoms with van der Waals surface area (Å²) in [5, 5.41) is 3.49. The molecule has 5 heteroatoms. The molecule has 0 heterocycles. The zero-order chi connectivity index (χ0) is 13.4. The van der Waals surface area contributed by atoms with Crippen molar-refractivity contribution in [2.75, 3.05) is 26.9 Å². The van der Waals surface area contributed by atoms with Gasteiger partial charge in [-0.15, -0.1) is 0 Å². The van der Waals surface area contributed by atoms with Crippen LogP contribution in [0.5, 0.6) is 0 Å². The lowest BCUT2D eigenvalue weighted by Crippen LogP contribution is -2.30. The molecule has 0 saturated heterocycles. The number of carbonyl (C=O) groups excluding carboxylic acids is 1. The van der Waals surface area contributed by atoms with Gasteiger partial charge in [0.15, 0.2) is 0 Å². The maximum atomic E-state index is 11.6. The smallest absolute Gasteiger partial charge is 0.246 e. The summed E-state index contributed by atoms with van der Waals surface area (Å²) in [5.41, 5.74) is 0.966. The van der Waals surface area contributed by atoms with Crippen molar-refractivity contribution < 1.29 is 14.3 Å². The van der Waals surface area contributed by atoms with E-state index in [1.807, 2.05) is 25.1 Å². The second-order valence-corrected chi connectivity index (χ2v) is 4.33. The largest absolute Gasteiger partial charge is 0.382 e. The Bertz CT molecular complexity index is 384. The number of nitrogens with one attached hydrogen (secondary N) is 1. The second kappa shape index (κ2) is 8.08. The molecule has 4 nitrogen and oxygen atoms in total. The first-order chi connectivity index (χ1) is 8.63. The van der Waals surface area contributed by atoms with Gasteiger partial charge < -0.3 is 14.8 Å². The Morgan fingerprint density at radius 1 is 1.44 bits per heavy atom. The number of methoxy groups -OCH3 is 1. The maximum absolute atomic E-state index is 11.6. The summed E-state index contributed by atoms with van der Waals surface area (Å²) < 4.78 is 9.95. The van der Waals surface area contributed by atoms with Crippen molar-refractivity contribution in [1.29, 1.82) is 0 Å². The van der Waals surface area contributed by atoms with Gasteiger partial charge in [0.25, 0.3) is 0 Å². The van der Waals surface area contributed by atoms with Gasteiger partial charge in [0.2, 0.25) is 5.91 Å². The molecule has 0 aromatic heterocycles. The molecule has 0 spiro atoms. The zero-order valence-electron chi connectivity index (χ0n) is 10.6. The Hall–Kier alpha value is -1.10. The molecule has 0 aliphatic heterocycles. The van der Waals surface area contributed by atoms with E-state index in [-0.39, 0.29) is 18.6 Å². The first-order valence-electron chi connectivity index (χ1n) is 5.75. The van der Waals surface area contributed by atoms with Crippen LogP contribution in [0, 0.1) is 0 Å². The number of carbonyl (C=O) groups is 1. The molecule has 0 saturated carbocycles. The van der Waals surface area contributed by atoms with Crippen LogP contribution in [0.15, 0.2) is 24.3 Å². The summed E-state index contributed by atoms with van der Waals surface area (Å²) in [6.07, 6.45) is 0. The molecule has 1 aromatic carbocycles. The minimum Gasteiger partial charge on any atom is -0.382 e. The third kappa shape index (κ3) is 5.49. The van der Waals surface area contributed by atoms with Gasteiger partial charge in [0.05, 0.1) is 19.3 Å². The van der Waals surface area contributed by atoms with Crippen molar-refractivity contribution in [3.63, 3.8) is 0 Å². The van der Waals surface area contributed by atoms with Crippen LogP contribution in [-0.2, 0) is 14.3 Å². The number of halogens is 1. The van der Waals surface area contributed by atoms with E-state index in [0.717, 1.165) is 5.56 Å². The number of hydrogen-bond acceptors (Lipinski definition) is 3. The van der Waals surface area contributed by atoms with Crippen molar-refractivity contribution in [3.05, 3.63) is 34.9 Å². The van der Waals surface area contributed by atoms with Crippen LogP contribution >= 0.6 is 11.6 Å². The van der Waals surface area contributed by atoms with Crippen LogP contribution < -0.4 is 5.32 Å². The van der Waals surface area contributed by atoms with Gasteiger partial charge in [-0.1, -0.05) is 23.7 Å². The topological polar surface area (TPSA) is 47.6 Å². The van der Waals surface area contributed by atoms with Crippen molar-refractivity contribution >= 4 is 17.5 Å². The highest BCUT2D eigenvalue weighted by atomic mass is 35.5. The monoisotopic (exact) mass is 271 g/mol. The van der Waals surface area contributed by atoms with E-state index in [9.17, 15) is 4.79 Å². The van der Waals surface area contributed by atoms with E-state index in [1.165, 1.54) is 0 Å². The molecule has 0 aliphatic carbocycles. The maximum Gasteiger partial charge on any atom is 0.246 e. The van der Waals surface area contributed by atoms with Crippen LogP contribution in [0.3, 0.4) is 0 Å². The van der Waals surface area contributed by atoms with Gasteiger partial charge in [-0.3, -0.25) is 4.79 Å². The van der Waals surface area contributed by atoms with Crippen LogP contribution in [0.25, 0.3) is 0 Å². The number of amides is 1. The average molecular weight is 272 g/mol. The molecule has 0 aliphatic rings. The molecular weight excluding hydrogens is 254 g/mol. The summed E-state index contributed by atoms with van der Waals surface area (Å²) in [4.78, 5) is 11.6. The first-order valence-corrected chi connectivity index (χ1v) is 6.12. The highest BCUT2D eigenvalue weighted by Gasteiger charge is 2.09. The number of ether oxygens (including phenoxy) is 2. The average Bonchev–Trinajstić information content (AvgIpc) is 2.34. The first kappa shape index (κ1) is 15.0. The molecular formula is C13H18ClNO3. The fraction of sp³-hybridized carbons (Fsp3) is 0.462. The van der Waals surface area contributed by atoms with E-state index in [0.29, 0.717) is 18.2 Å². The summed E-state index contributed by atoms with van der Waals surface area (Å²) in [6.45, 7) is 2.83. The molecule has 1 atom stereocenters. The fourth-order valence-electron chi connectivity index (χ4n) is 1.45. The molecule has 1 rings (SSSR count). The lowest BCUT2D eigenvalue weighted by atomic mass is 10.1. The molecule has 0 radical (unpaired) electrons. The predicted octanol–water partition coefficient (Wildman–Crippen LogP) is 2.18. The third-order valence-corrected chi connectivity index (χ3v) is 2.63. The summed E-state index contributed by atoms with van der Waals surface area (Å²) in [7, 11) is 1.59. The zero-order valence-corrected chi connectivity index (χ0v) is 11.4. The van der Waals surface area contributed by atoms with Crippen LogP contribution in [0.4, 0.5) is 0 Å². The van der Waals surface area contributed by atoms with E-state index in [2.05, 4.69) is 5.32 Å². The lowest BCUT2D eigenvalue weighted by Gasteiger charge is -2.14. The second-order valence-electron chi connectivity index (χ2n) is 3.89. The molecule has 0 fully saturated rings. The van der Waals surface area contributed by atoms with Gasteiger partial charge in [-0.2, -0.15) is 0 Å². The summed E-state index contributed by atoms with van der Waals surface area (Å²) in [5.74, 6) is -0.154. The Labute approximate surface area is 112 Å². The van der Waals surface area contributed by atoms with Gasteiger partial charge in [-0.25, -0.2) is 0 Å². The SMILES string of the molecule is COCCOCC(=O)N[C@H](C)c1cccc(Cl)c1. The number of rotatable bonds is 7. The fourth-order valence-corrected chi connectivity index (χ4v) is 1.65. The summed E-state index contributed by atoms with van der Waals surface area (Å²) >= 11 is 5.89. The number of benzene rings is 1. The Morgan fingerprint density at radius 3 is 2.89 bits per heavy atom. The minimum atomic E-state index is -0.154. The minimum absolute atomic E-state index is 0.0360. The molecule has 1 N–H and O–H groups in total. The van der Waals surface area contributed by atoms with Crippen molar-refractivity contribution in [1.82, 2.24) is 5.32 Å². The highest BCUT2D eigenvalue weighted by molar-refractivity contribution is 6.30. The van der Waals surface area contributed by atoms with Crippen molar-refractivity contribution in [3.8, 4) is 0 Å². The van der Waals surface area contributed by atoms with Crippen LogP contribution in [-0.4, -0.2) is 32.8 Å². The van der Waals surface area contributed by atoms with Gasteiger partial charge in [-0.05, 0) is 24.6 Å². The molecule has 18 heavy (non-hydrogen) atoms. The predicted molar refractivity (Wildman–Crippen MR) is 70.7 cm³/mol. The lowest BCUT2D eigenvalue weighted by molar-refractivity contribution is -0.126. The van der Waals surface area contributed by atoms with Gasteiger partial charge >= 0.3 is 0 Å². The Morgan fingerprint density at radius 2 is 2.22 bits per heavy atom. The van der Waals surface area contributed by atoms with Crippen molar-refractivity contribution in [2.24, 2.45) is 0 Å².